The number of amides is 2. The van der Waals surface area contributed by atoms with Gasteiger partial charge in [-0.2, -0.15) is 5.10 Å². The summed E-state index contributed by atoms with van der Waals surface area (Å²) in [6.45, 7) is 1.38. The Bertz CT molecular complexity index is 1250. The van der Waals surface area contributed by atoms with Crippen molar-refractivity contribution in [2.45, 2.75) is 31.3 Å². The van der Waals surface area contributed by atoms with Gasteiger partial charge >= 0.3 is 0 Å². The Balaban J connectivity index is 1.41. The Kier molecular flexibility index (Phi) is 6.14. The van der Waals surface area contributed by atoms with E-state index in [2.05, 4.69) is 10.1 Å². The van der Waals surface area contributed by atoms with Crippen molar-refractivity contribution < 1.29 is 19.1 Å². The number of nitrogens with zero attached hydrogens (tertiary/aromatic N) is 5. The van der Waals surface area contributed by atoms with E-state index in [-0.39, 0.29) is 24.5 Å². The van der Waals surface area contributed by atoms with E-state index in [0.717, 1.165) is 24.9 Å². The first-order chi connectivity index (χ1) is 16.5. The Hall–Kier alpha value is -3.17. The summed E-state index contributed by atoms with van der Waals surface area (Å²) in [5, 5.41) is 5.27. The summed E-state index contributed by atoms with van der Waals surface area (Å²) in [5.41, 5.74) is 2.02. The fraction of sp³-hybridized carbons (Fsp3) is 0.417. The Morgan fingerprint density at radius 3 is 2.79 bits per heavy atom. The first kappa shape index (κ1) is 22.6. The van der Waals surface area contributed by atoms with Crippen molar-refractivity contribution in [2.24, 2.45) is 0 Å². The van der Waals surface area contributed by atoms with Gasteiger partial charge in [-0.05, 0) is 36.6 Å². The fourth-order valence-electron chi connectivity index (χ4n) is 4.63. The fourth-order valence-corrected chi connectivity index (χ4v) is 4.84. The van der Waals surface area contributed by atoms with Crippen molar-refractivity contribution in [3.8, 4) is 5.75 Å². The summed E-state index contributed by atoms with van der Waals surface area (Å²) >= 11 is 6.08. The molecule has 34 heavy (non-hydrogen) atoms. The molecule has 3 aromatic rings. The van der Waals surface area contributed by atoms with Crippen LogP contribution in [0.4, 0.5) is 0 Å². The highest BCUT2D eigenvalue weighted by Crippen LogP contribution is 2.29. The molecular formula is C24H26ClN5O4. The molecule has 2 saturated heterocycles. The van der Waals surface area contributed by atoms with Crippen molar-refractivity contribution in [3.63, 3.8) is 0 Å². The van der Waals surface area contributed by atoms with Crippen LogP contribution < -0.4 is 4.74 Å². The highest BCUT2D eigenvalue weighted by atomic mass is 35.5. The molecule has 10 heteroatoms. The third kappa shape index (κ3) is 4.10. The monoisotopic (exact) mass is 483 g/mol. The number of pyridine rings is 1. The molecule has 2 unspecified atom stereocenters. The summed E-state index contributed by atoms with van der Waals surface area (Å²) in [6.07, 6.45) is 3.90. The SMILES string of the molecule is COCC1C(=O)N2CCC2CN1C(=O)c1cc(OC)c2nc(CCc3cccc(Cl)c3)nn2c1. The summed E-state index contributed by atoms with van der Waals surface area (Å²) < 4.78 is 12.4. The van der Waals surface area contributed by atoms with Crippen molar-refractivity contribution in [1.82, 2.24) is 24.4 Å². The Morgan fingerprint density at radius 2 is 2.09 bits per heavy atom. The first-order valence-electron chi connectivity index (χ1n) is 11.3. The number of halogens is 1. The maximum atomic E-state index is 13.5. The number of aryl methyl sites for hydroxylation is 2. The second-order valence-corrected chi connectivity index (χ2v) is 9.06. The van der Waals surface area contributed by atoms with Gasteiger partial charge in [0.15, 0.2) is 17.2 Å². The number of rotatable bonds is 7. The molecule has 1 aromatic carbocycles. The minimum Gasteiger partial charge on any atom is -0.493 e. The molecule has 0 N–H and O–H groups in total. The first-order valence-corrected chi connectivity index (χ1v) is 11.6. The van der Waals surface area contributed by atoms with Crippen LogP contribution in [0, 0.1) is 0 Å². The number of methoxy groups -OCH3 is 2. The minimum atomic E-state index is -0.639. The number of carbonyl (C=O) groups is 2. The highest BCUT2D eigenvalue weighted by molar-refractivity contribution is 6.30. The second kappa shape index (κ2) is 9.23. The molecular weight excluding hydrogens is 458 g/mol. The molecule has 2 fully saturated rings. The number of fused-ring (bicyclic) bond motifs is 2. The minimum absolute atomic E-state index is 0.0604. The van der Waals surface area contributed by atoms with E-state index >= 15 is 0 Å². The van der Waals surface area contributed by atoms with Crippen LogP contribution >= 0.6 is 11.6 Å². The second-order valence-electron chi connectivity index (χ2n) is 8.63. The van der Waals surface area contributed by atoms with Gasteiger partial charge in [0.25, 0.3) is 5.91 Å². The zero-order valence-corrected chi connectivity index (χ0v) is 19.9. The lowest BCUT2D eigenvalue weighted by molar-refractivity contribution is -0.154. The average Bonchev–Trinajstić information content (AvgIpc) is 3.23. The molecule has 0 bridgehead atoms. The van der Waals surface area contributed by atoms with Gasteiger partial charge in [0, 0.05) is 37.8 Å². The summed E-state index contributed by atoms with van der Waals surface area (Å²) in [5.74, 6) is 0.774. The Labute approximate surface area is 202 Å². The zero-order chi connectivity index (χ0) is 23.8. The molecule has 2 aromatic heterocycles. The standard InChI is InChI=1S/C24H26ClN5O4/c1-33-14-19-24(32)28-9-8-18(28)13-29(19)23(31)16-11-20(34-2)22-26-21(27-30(22)12-16)7-6-15-4-3-5-17(25)10-15/h3-5,10-12,18-19H,6-9,13-14H2,1-2H3. The maximum Gasteiger partial charge on any atom is 0.256 e. The van der Waals surface area contributed by atoms with Crippen molar-refractivity contribution >= 4 is 29.1 Å². The third-order valence-corrected chi connectivity index (χ3v) is 6.75. The van der Waals surface area contributed by atoms with Crippen LogP contribution in [0.25, 0.3) is 5.65 Å². The lowest BCUT2D eigenvalue weighted by Crippen LogP contribution is -2.69. The lowest BCUT2D eigenvalue weighted by Gasteiger charge is -2.51. The van der Waals surface area contributed by atoms with E-state index in [0.29, 0.717) is 40.8 Å². The van der Waals surface area contributed by atoms with Crippen LogP contribution in [-0.2, 0) is 22.4 Å². The summed E-state index contributed by atoms with van der Waals surface area (Å²) in [6, 6.07) is 8.79. The van der Waals surface area contributed by atoms with Gasteiger partial charge < -0.3 is 19.3 Å². The topological polar surface area (TPSA) is 89.3 Å². The third-order valence-electron chi connectivity index (χ3n) is 6.52. The van der Waals surface area contributed by atoms with Gasteiger partial charge in [0.05, 0.1) is 25.3 Å². The normalized spacial score (nSPS) is 19.8. The molecule has 9 nitrogen and oxygen atoms in total. The maximum absolute atomic E-state index is 13.5. The largest absolute Gasteiger partial charge is 0.493 e. The van der Waals surface area contributed by atoms with Crippen LogP contribution in [0.2, 0.25) is 5.02 Å². The smallest absolute Gasteiger partial charge is 0.256 e. The molecule has 0 saturated carbocycles. The van der Waals surface area contributed by atoms with Crippen LogP contribution in [-0.4, -0.2) is 82.2 Å². The van der Waals surface area contributed by atoms with Gasteiger partial charge in [-0.25, -0.2) is 9.50 Å². The lowest BCUT2D eigenvalue weighted by atomic mass is 9.95. The Morgan fingerprint density at radius 1 is 1.24 bits per heavy atom. The van der Waals surface area contributed by atoms with Crippen molar-refractivity contribution in [3.05, 3.63) is 58.5 Å². The predicted octanol–water partition coefficient (Wildman–Crippen LogP) is 2.25. The van der Waals surface area contributed by atoms with Crippen molar-refractivity contribution in [2.75, 3.05) is 33.9 Å². The number of ether oxygens (including phenoxy) is 2. The average molecular weight is 484 g/mol. The molecule has 2 atom stereocenters. The van der Waals surface area contributed by atoms with E-state index in [1.165, 1.54) is 14.2 Å². The van der Waals surface area contributed by atoms with Gasteiger partial charge in [-0.1, -0.05) is 23.7 Å². The molecule has 2 amide bonds. The molecule has 0 spiro atoms. The van der Waals surface area contributed by atoms with E-state index < -0.39 is 6.04 Å². The molecule has 4 heterocycles. The van der Waals surface area contributed by atoms with Crippen LogP contribution in [0.3, 0.4) is 0 Å². The molecule has 178 valence electrons. The van der Waals surface area contributed by atoms with E-state index in [9.17, 15) is 9.59 Å². The van der Waals surface area contributed by atoms with E-state index in [1.54, 1.807) is 21.7 Å². The molecule has 2 aliphatic rings. The number of aromatic nitrogens is 3. The number of hydrogen-bond donors (Lipinski definition) is 0. The van der Waals surface area contributed by atoms with Gasteiger partial charge in [0.2, 0.25) is 5.91 Å². The number of benzene rings is 1. The number of hydrogen-bond acceptors (Lipinski definition) is 6. The zero-order valence-electron chi connectivity index (χ0n) is 19.1. The van der Waals surface area contributed by atoms with E-state index in [4.69, 9.17) is 21.1 Å². The summed E-state index contributed by atoms with van der Waals surface area (Å²) in [4.78, 5) is 34.5. The summed E-state index contributed by atoms with van der Waals surface area (Å²) in [7, 11) is 3.07. The predicted molar refractivity (Wildman–Crippen MR) is 125 cm³/mol. The molecule has 0 aliphatic carbocycles. The van der Waals surface area contributed by atoms with Gasteiger partial charge in [-0.15, -0.1) is 0 Å². The highest BCUT2D eigenvalue weighted by Gasteiger charge is 2.46. The number of carbonyl (C=O) groups excluding carboxylic acids is 2. The molecule has 0 radical (unpaired) electrons. The number of piperazine rings is 1. The van der Waals surface area contributed by atoms with E-state index in [1.807, 2.05) is 29.2 Å². The molecule has 2 aliphatic heterocycles. The van der Waals surface area contributed by atoms with Crippen LogP contribution in [0.1, 0.15) is 28.2 Å². The van der Waals surface area contributed by atoms with Crippen LogP contribution in [0.5, 0.6) is 5.75 Å². The van der Waals surface area contributed by atoms with Crippen molar-refractivity contribution in [1.29, 1.82) is 0 Å². The van der Waals surface area contributed by atoms with Gasteiger partial charge in [0.1, 0.15) is 6.04 Å². The van der Waals surface area contributed by atoms with Crippen LogP contribution in [0.15, 0.2) is 36.5 Å². The van der Waals surface area contributed by atoms with Gasteiger partial charge in [-0.3, -0.25) is 9.59 Å². The quantitative estimate of drug-likeness (QED) is 0.512. The molecule has 5 rings (SSSR count).